The van der Waals surface area contributed by atoms with E-state index in [1.807, 2.05) is 11.1 Å². The van der Waals surface area contributed by atoms with Gasteiger partial charge in [0, 0.05) is 37.1 Å². The highest BCUT2D eigenvalue weighted by molar-refractivity contribution is 6.05. The fourth-order valence-corrected chi connectivity index (χ4v) is 3.84. The van der Waals surface area contributed by atoms with Crippen molar-refractivity contribution in [1.29, 1.82) is 0 Å². The Hall–Kier alpha value is -3.65. The van der Waals surface area contributed by atoms with Gasteiger partial charge >= 0.3 is 0 Å². The summed E-state index contributed by atoms with van der Waals surface area (Å²) in [7, 11) is 0. The lowest BCUT2D eigenvalue weighted by Crippen LogP contribution is -2.52. The van der Waals surface area contributed by atoms with Crippen LogP contribution in [0.1, 0.15) is 47.2 Å². The van der Waals surface area contributed by atoms with Gasteiger partial charge in [-0.05, 0) is 30.5 Å². The molecule has 3 heterocycles. The zero-order valence-corrected chi connectivity index (χ0v) is 16.4. The maximum absolute atomic E-state index is 12.8. The maximum Gasteiger partial charge on any atom is 0.255 e. The van der Waals surface area contributed by atoms with E-state index in [1.54, 1.807) is 12.1 Å². The summed E-state index contributed by atoms with van der Waals surface area (Å²) >= 11 is 0. The van der Waals surface area contributed by atoms with Gasteiger partial charge in [0.15, 0.2) is 6.04 Å². The van der Waals surface area contributed by atoms with Gasteiger partial charge in [0.05, 0.1) is 6.54 Å². The van der Waals surface area contributed by atoms with Crippen molar-refractivity contribution in [2.45, 2.75) is 44.3 Å². The minimum atomic E-state index is -0.620. The van der Waals surface area contributed by atoms with Crippen molar-refractivity contribution < 1.29 is 14.4 Å². The summed E-state index contributed by atoms with van der Waals surface area (Å²) in [6.07, 6.45) is 7.44. The lowest BCUT2D eigenvalue weighted by molar-refractivity contribution is -0.136. The van der Waals surface area contributed by atoms with Crippen LogP contribution in [-0.4, -0.2) is 52.8 Å². The standard InChI is InChI=1S/C22H21N5O3/c1-2-16-13-26(25-24-16)12-5-3-4-7-15-8-6-9-17-18(15)14-27(22(17)30)19-10-11-20(28)23-21(19)29/h1,6,8-9,16,19H,3,5,10-14H2,(H,23,28,29). The summed E-state index contributed by atoms with van der Waals surface area (Å²) in [6, 6.07) is 4.67. The molecule has 3 aliphatic rings. The Balaban J connectivity index is 1.38. The number of fused-ring (bicyclic) bond motifs is 1. The molecule has 152 valence electrons. The van der Waals surface area contributed by atoms with E-state index in [4.69, 9.17) is 6.42 Å². The number of amides is 3. The second-order valence-corrected chi connectivity index (χ2v) is 7.44. The Kier molecular flexibility index (Phi) is 5.49. The SMILES string of the molecule is C#CC1CN(CCCC#Cc2cccc3c2CN(C2CCC(=O)NC2=O)C3=O)N=N1. The molecule has 0 aliphatic carbocycles. The predicted octanol–water partition coefficient (Wildman–Crippen LogP) is 1.26. The molecule has 0 radical (unpaired) electrons. The van der Waals surface area contributed by atoms with Gasteiger partial charge < -0.3 is 4.90 Å². The van der Waals surface area contributed by atoms with Crippen LogP contribution in [0.3, 0.4) is 0 Å². The molecule has 0 spiro atoms. The predicted molar refractivity (Wildman–Crippen MR) is 108 cm³/mol. The topological polar surface area (TPSA) is 94.4 Å². The Labute approximate surface area is 174 Å². The molecule has 0 bridgehead atoms. The molecule has 30 heavy (non-hydrogen) atoms. The minimum absolute atomic E-state index is 0.159. The van der Waals surface area contributed by atoms with Gasteiger partial charge in [-0.1, -0.05) is 29.1 Å². The quantitative estimate of drug-likeness (QED) is 0.465. The summed E-state index contributed by atoms with van der Waals surface area (Å²) in [5, 5.41) is 12.2. The fourth-order valence-electron chi connectivity index (χ4n) is 3.84. The van der Waals surface area contributed by atoms with Gasteiger partial charge in [-0.3, -0.25) is 24.7 Å². The lowest BCUT2D eigenvalue weighted by atomic mass is 10.0. The van der Waals surface area contributed by atoms with E-state index in [9.17, 15) is 14.4 Å². The third kappa shape index (κ3) is 3.90. The molecule has 3 amide bonds. The van der Waals surface area contributed by atoms with Crippen LogP contribution >= 0.6 is 0 Å². The molecule has 0 aromatic heterocycles. The molecule has 8 heteroatoms. The highest BCUT2D eigenvalue weighted by Gasteiger charge is 2.39. The van der Waals surface area contributed by atoms with E-state index < -0.39 is 11.9 Å². The van der Waals surface area contributed by atoms with Gasteiger partial charge in [-0.15, -0.1) is 6.42 Å². The van der Waals surface area contributed by atoms with Gasteiger partial charge in [0.2, 0.25) is 11.8 Å². The summed E-state index contributed by atoms with van der Waals surface area (Å²) in [6.45, 7) is 1.71. The number of terminal acetylenes is 1. The van der Waals surface area contributed by atoms with E-state index in [1.165, 1.54) is 4.90 Å². The molecule has 2 unspecified atom stereocenters. The number of carbonyl (C=O) groups excluding carboxylic acids is 3. The van der Waals surface area contributed by atoms with Crippen molar-refractivity contribution >= 4 is 17.7 Å². The Morgan fingerprint density at radius 1 is 1.27 bits per heavy atom. The van der Waals surface area contributed by atoms with Crippen LogP contribution in [-0.2, 0) is 16.1 Å². The monoisotopic (exact) mass is 403 g/mol. The normalized spacial score (nSPS) is 22.4. The number of hydrogen-bond donors (Lipinski definition) is 1. The first-order valence-electron chi connectivity index (χ1n) is 9.94. The van der Waals surface area contributed by atoms with Crippen molar-refractivity contribution in [2.24, 2.45) is 10.3 Å². The third-order valence-corrected chi connectivity index (χ3v) is 5.42. The van der Waals surface area contributed by atoms with E-state index in [-0.39, 0.29) is 24.3 Å². The number of carbonyl (C=O) groups is 3. The molecule has 1 aromatic carbocycles. The summed E-state index contributed by atoms with van der Waals surface area (Å²) in [5.74, 6) is 8.00. The molecule has 1 N–H and O–H groups in total. The van der Waals surface area contributed by atoms with E-state index in [2.05, 4.69) is 33.4 Å². The number of piperidine rings is 1. The van der Waals surface area contributed by atoms with E-state index in [0.29, 0.717) is 31.5 Å². The molecule has 4 rings (SSSR count). The summed E-state index contributed by atoms with van der Waals surface area (Å²) in [4.78, 5) is 37.9. The van der Waals surface area contributed by atoms with E-state index >= 15 is 0 Å². The number of rotatable bonds is 4. The van der Waals surface area contributed by atoms with Gasteiger partial charge in [0.1, 0.15) is 6.04 Å². The van der Waals surface area contributed by atoms with Gasteiger partial charge in [-0.2, -0.15) is 5.11 Å². The first-order chi connectivity index (χ1) is 14.6. The maximum atomic E-state index is 12.8. The van der Waals surface area contributed by atoms with Gasteiger partial charge in [-0.25, -0.2) is 0 Å². The molecular formula is C22H21N5O3. The number of benzene rings is 1. The fraction of sp³-hybridized carbons (Fsp3) is 0.409. The number of hydrogen-bond acceptors (Lipinski definition) is 6. The van der Waals surface area contributed by atoms with Crippen LogP contribution < -0.4 is 5.32 Å². The summed E-state index contributed by atoms with van der Waals surface area (Å²) in [5.41, 5.74) is 2.21. The highest BCUT2D eigenvalue weighted by atomic mass is 16.2. The van der Waals surface area contributed by atoms with Crippen molar-refractivity contribution in [2.75, 3.05) is 13.1 Å². The van der Waals surface area contributed by atoms with Crippen molar-refractivity contribution in [3.63, 3.8) is 0 Å². The summed E-state index contributed by atoms with van der Waals surface area (Å²) < 4.78 is 0. The third-order valence-electron chi connectivity index (χ3n) is 5.42. The molecule has 3 aliphatic heterocycles. The molecular weight excluding hydrogens is 382 g/mol. The van der Waals surface area contributed by atoms with Gasteiger partial charge in [0.25, 0.3) is 5.91 Å². The van der Waals surface area contributed by atoms with Crippen LogP contribution in [0.2, 0.25) is 0 Å². The first-order valence-corrected chi connectivity index (χ1v) is 9.94. The zero-order valence-electron chi connectivity index (χ0n) is 16.4. The molecule has 0 saturated carbocycles. The highest BCUT2D eigenvalue weighted by Crippen LogP contribution is 2.29. The Morgan fingerprint density at radius 3 is 2.90 bits per heavy atom. The van der Waals surface area contributed by atoms with Crippen molar-refractivity contribution in [1.82, 2.24) is 15.2 Å². The largest absolute Gasteiger partial charge is 0.322 e. The molecule has 1 saturated heterocycles. The number of nitrogens with zero attached hydrogens (tertiary/aromatic N) is 4. The minimum Gasteiger partial charge on any atom is -0.322 e. The molecule has 1 aromatic rings. The second-order valence-electron chi connectivity index (χ2n) is 7.44. The van der Waals surface area contributed by atoms with Crippen LogP contribution in [0.15, 0.2) is 28.5 Å². The van der Waals surface area contributed by atoms with Crippen molar-refractivity contribution in [3.05, 3.63) is 34.9 Å². The van der Waals surface area contributed by atoms with Crippen molar-refractivity contribution in [3.8, 4) is 24.2 Å². The Morgan fingerprint density at radius 2 is 2.13 bits per heavy atom. The smallest absolute Gasteiger partial charge is 0.255 e. The van der Waals surface area contributed by atoms with Crippen LogP contribution in [0.25, 0.3) is 0 Å². The van der Waals surface area contributed by atoms with E-state index in [0.717, 1.165) is 24.1 Å². The lowest BCUT2D eigenvalue weighted by Gasteiger charge is -2.29. The zero-order chi connectivity index (χ0) is 21.1. The first kappa shape index (κ1) is 19.7. The molecule has 1 fully saturated rings. The average molecular weight is 403 g/mol. The number of nitrogens with one attached hydrogen (secondary N) is 1. The second kappa shape index (κ2) is 8.38. The van der Waals surface area contributed by atoms with Crippen LogP contribution in [0, 0.1) is 24.2 Å². The van der Waals surface area contributed by atoms with Crippen LogP contribution in [0.5, 0.6) is 0 Å². The average Bonchev–Trinajstić information content (AvgIpc) is 3.33. The molecule has 8 nitrogen and oxygen atoms in total. The number of unbranched alkanes of at least 4 members (excludes halogenated alkanes) is 1. The van der Waals surface area contributed by atoms with Crippen LogP contribution in [0.4, 0.5) is 0 Å². The number of imide groups is 1. The molecule has 2 atom stereocenters. The Bertz CT molecular complexity index is 1030.